The Balaban J connectivity index is 1.24. The number of hydrogen-bond acceptors (Lipinski definition) is 2. The fourth-order valence-corrected chi connectivity index (χ4v) is 7.86. The summed E-state index contributed by atoms with van der Waals surface area (Å²) in [6.07, 6.45) is 0. The maximum Gasteiger partial charge on any atom is 0.136 e. The summed E-state index contributed by atoms with van der Waals surface area (Å²) in [5, 5.41) is 7.08. The predicted octanol–water partition coefficient (Wildman–Crippen LogP) is 14.4. The molecule has 0 bridgehead atoms. The minimum Gasteiger partial charge on any atom is -0.456 e. The first-order valence-electron chi connectivity index (χ1n) is 17.8. The third-order valence-electron chi connectivity index (χ3n) is 10.2. The van der Waals surface area contributed by atoms with E-state index in [1.807, 2.05) is 0 Å². The van der Waals surface area contributed by atoms with Crippen molar-refractivity contribution < 1.29 is 4.42 Å². The molecule has 0 aliphatic carbocycles. The van der Waals surface area contributed by atoms with E-state index in [1.54, 1.807) is 0 Å². The molecule has 244 valence electrons. The Hall–Kier alpha value is -6.90. The first-order valence-corrected chi connectivity index (χ1v) is 17.8. The van der Waals surface area contributed by atoms with Crippen molar-refractivity contribution in [2.24, 2.45) is 0 Å². The molecule has 9 aromatic carbocycles. The van der Waals surface area contributed by atoms with Crippen LogP contribution < -0.4 is 4.90 Å². The van der Waals surface area contributed by atoms with Crippen LogP contribution in [0.15, 0.2) is 205 Å². The highest BCUT2D eigenvalue weighted by Gasteiger charge is 2.23. The zero-order valence-corrected chi connectivity index (χ0v) is 28.4. The third kappa shape index (κ3) is 5.04. The zero-order valence-electron chi connectivity index (χ0n) is 28.4. The van der Waals surface area contributed by atoms with Crippen LogP contribution in [0.4, 0.5) is 17.1 Å². The van der Waals surface area contributed by atoms with Crippen molar-refractivity contribution in [3.63, 3.8) is 0 Å². The van der Waals surface area contributed by atoms with Crippen molar-refractivity contribution in [2.45, 2.75) is 0 Å². The van der Waals surface area contributed by atoms with Gasteiger partial charge in [0.25, 0.3) is 0 Å². The lowest BCUT2D eigenvalue weighted by molar-refractivity contribution is 0.669. The van der Waals surface area contributed by atoms with E-state index < -0.39 is 0 Å². The lowest BCUT2D eigenvalue weighted by Gasteiger charge is -2.30. The highest BCUT2D eigenvalue weighted by molar-refractivity contribution is 6.16. The monoisotopic (exact) mass is 663 g/mol. The first kappa shape index (κ1) is 30.0. The molecule has 0 saturated heterocycles. The predicted molar refractivity (Wildman–Crippen MR) is 220 cm³/mol. The Labute approximate surface area is 302 Å². The summed E-state index contributed by atoms with van der Waals surface area (Å²) < 4.78 is 6.56. The summed E-state index contributed by atoms with van der Waals surface area (Å²) in [4.78, 5) is 2.43. The Morgan fingerprint density at radius 1 is 0.327 bits per heavy atom. The van der Waals surface area contributed by atoms with Crippen molar-refractivity contribution in [1.82, 2.24) is 0 Å². The minimum absolute atomic E-state index is 0.881. The molecule has 0 atom stereocenters. The molecule has 1 aromatic heterocycles. The SMILES string of the molecule is c1ccc(-c2ccccc2N(c2cccc(-c3cccc4ccccc34)c2)c2ccccc2-c2cccc3oc4cc5ccccc5cc4c23)cc1. The van der Waals surface area contributed by atoms with Gasteiger partial charge >= 0.3 is 0 Å². The van der Waals surface area contributed by atoms with Gasteiger partial charge in [-0.05, 0) is 86.3 Å². The van der Waals surface area contributed by atoms with E-state index in [1.165, 1.54) is 38.2 Å². The molecule has 0 fully saturated rings. The fourth-order valence-electron chi connectivity index (χ4n) is 7.86. The van der Waals surface area contributed by atoms with Gasteiger partial charge in [0.2, 0.25) is 0 Å². The van der Waals surface area contributed by atoms with Crippen molar-refractivity contribution in [2.75, 3.05) is 4.90 Å². The van der Waals surface area contributed by atoms with E-state index in [9.17, 15) is 0 Å². The maximum absolute atomic E-state index is 6.56. The van der Waals surface area contributed by atoms with Gasteiger partial charge in [-0.3, -0.25) is 0 Å². The van der Waals surface area contributed by atoms with Crippen molar-refractivity contribution in [1.29, 1.82) is 0 Å². The summed E-state index contributed by atoms with van der Waals surface area (Å²) in [5.41, 5.74) is 12.0. The molecule has 10 aromatic rings. The van der Waals surface area contributed by atoms with Crippen molar-refractivity contribution in [3.8, 4) is 33.4 Å². The van der Waals surface area contributed by atoms with Crippen LogP contribution in [0.3, 0.4) is 0 Å². The van der Waals surface area contributed by atoms with Crippen LogP contribution in [-0.4, -0.2) is 0 Å². The number of fused-ring (bicyclic) bond motifs is 5. The number of benzene rings is 9. The number of para-hydroxylation sites is 2. The van der Waals surface area contributed by atoms with E-state index >= 15 is 0 Å². The average molecular weight is 664 g/mol. The second-order valence-electron chi connectivity index (χ2n) is 13.3. The van der Waals surface area contributed by atoms with E-state index in [0.29, 0.717) is 0 Å². The summed E-state index contributed by atoms with van der Waals surface area (Å²) >= 11 is 0. The van der Waals surface area contributed by atoms with E-state index in [-0.39, 0.29) is 0 Å². The van der Waals surface area contributed by atoms with Crippen LogP contribution in [0, 0.1) is 0 Å². The molecule has 10 rings (SSSR count). The van der Waals surface area contributed by atoms with Gasteiger partial charge in [-0.1, -0.05) is 158 Å². The van der Waals surface area contributed by atoms with Gasteiger partial charge in [-0.25, -0.2) is 0 Å². The number of hydrogen-bond donors (Lipinski definition) is 0. The first-order chi connectivity index (χ1) is 25.8. The van der Waals surface area contributed by atoms with Gasteiger partial charge in [0.05, 0.1) is 11.4 Å². The molecule has 2 nitrogen and oxygen atoms in total. The minimum atomic E-state index is 0.881. The number of nitrogens with zero attached hydrogens (tertiary/aromatic N) is 1. The smallest absolute Gasteiger partial charge is 0.136 e. The number of furan rings is 1. The molecule has 1 heterocycles. The molecule has 0 N–H and O–H groups in total. The van der Waals surface area contributed by atoms with Gasteiger partial charge in [0.15, 0.2) is 0 Å². The highest BCUT2D eigenvalue weighted by Crippen LogP contribution is 2.48. The van der Waals surface area contributed by atoms with Crippen LogP contribution in [0.2, 0.25) is 0 Å². The molecule has 2 heteroatoms. The van der Waals surface area contributed by atoms with Gasteiger partial charge < -0.3 is 9.32 Å². The summed E-state index contributed by atoms with van der Waals surface area (Å²) in [5.74, 6) is 0. The normalized spacial score (nSPS) is 11.5. The zero-order chi connectivity index (χ0) is 34.4. The molecule has 0 aliphatic rings. The molecule has 52 heavy (non-hydrogen) atoms. The Bertz CT molecular complexity index is 2910. The molecule has 0 radical (unpaired) electrons. The maximum atomic E-state index is 6.56. The highest BCUT2D eigenvalue weighted by atomic mass is 16.3. The fraction of sp³-hybridized carbons (Fsp3) is 0. The largest absolute Gasteiger partial charge is 0.456 e. The molecule has 0 saturated carbocycles. The standard InChI is InChI=1S/C50H33NO/c1-2-15-35(16-3-1)42-24-8-10-28-46(42)51(39-22-12-21-38(31-39)41-26-13-20-34-17-6-7-23-40(34)41)47-29-11-9-25-43(47)44-27-14-30-48-50(44)45-32-36-18-4-5-19-37(36)33-49(45)52-48/h1-33H. The quantitative estimate of drug-likeness (QED) is 0.176. The van der Waals surface area contributed by atoms with E-state index in [2.05, 4.69) is 205 Å². The lowest BCUT2D eigenvalue weighted by Crippen LogP contribution is -2.12. The molecule has 0 aliphatic heterocycles. The van der Waals surface area contributed by atoms with Crippen LogP contribution in [-0.2, 0) is 0 Å². The Morgan fingerprint density at radius 3 is 1.75 bits per heavy atom. The second kappa shape index (κ2) is 12.5. The van der Waals surface area contributed by atoms with E-state index in [4.69, 9.17) is 4.42 Å². The molecule has 0 spiro atoms. The summed E-state index contributed by atoms with van der Waals surface area (Å²) in [7, 11) is 0. The van der Waals surface area contributed by atoms with Gasteiger partial charge in [0.1, 0.15) is 11.2 Å². The Morgan fingerprint density at radius 2 is 0.904 bits per heavy atom. The summed E-state index contributed by atoms with van der Waals surface area (Å²) in [6.45, 7) is 0. The molecular weight excluding hydrogens is 631 g/mol. The Kier molecular flexibility index (Phi) is 7.18. The van der Waals surface area contributed by atoms with Crippen LogP contribution in [0.5, 0.6) is 0 Å². The molecular formula is C50H33NO. The average Bonchev–Trinajstić information content (AvgIpc) is 3.58. The second-order valence-corrected chi connectivity index (χ2v) is 13.3. The third-order valence-corrected chi connectivity index (χ3v) is 10.2. The summed E-state index contributed by atoms with van der Waals surface area (Å²) in [6, 6.07) is 71.7. The number of rotatable bonds is 6. The van der Waals surface area contributed by atoms with Crippen LogP contribution in [0.25, 0.3) is 76.9 Å². The number of anilines is 3. The van der Waals surface area contributed by atoms with E-state index in [0.717, 1.165) is 55.7 Å². The van der Waals surface area contributed by atoms with Crippen LogP contribution >= 0.6 is 0 Å². The van der Waals surface area contributed by atoms with Gasteiger partial charge in [0, 0.05) is 27.6 Å². The van der Waals surface area contributed by atoms with Gasteiger partial charge in [-0.15, -0.1) is 0 Å². The topological polar surface area (TPSA) is 16.4 Å². The van der Waals surface area contributed by atoms with Crippen molar-refractivity contribution >= 4 is 60.5 Å². The molecule has 0 amide bonds. The van der Waals surface area contributed by atoms with Gasteiger partial charge in [-0.2, -0.15) is 0 Å². The van der Waals surface area contributed by atoms with Crippen LogP contribution in [0.1, 0.15) is 0 Å². The lowest BCUT2D eigenvalue weighted by atomic mass is 9.94. The van der Waals surface area contributed by atoms with Crippen molar-refractivity contribution in [3.05, 3.63) is 200 Å². The molecule has 0 unspecified atom stereocenters.